The predicted octanol–water partition coefficient (Wildman–Crippen LogP) is 4.12. The summed E-state index contributed by atoms with van der Waals surface area (Å²) in [7, 11) is 1.56. The molecule has 0 bridgehead atoms. The van der Waals surface area contributed by atoms with Gasteiger partial charge in [-0.2, -0.15) is 4.98 Å². The number of hydrogen-bond acceptors (Lipinski definition) is 5. The molecule has 1 aliphatic rings. The molecule has 1 aliphatic carbocycles. The fourth-order valence-corrected chi connectivity index (χ4v) is 4.05. The Hall–Kier alpha value is -3.41. The van der Waals surface area contributed by atoms with Crippen molar-refractivity contribution in [3.63, 3.8) is 0 Å². The van der Waals surface area contributed by atoms with Gasteiger partial charge in [-0.25, -0.2) is 0 Å². The first-order valence-electron chi connectivity index (χ1n) is 10.7. The third-order valence-electron chi connectivity index (χ3n) is 5.64. The summed E-state index contributed by atoms with van der Waals surface area (Å²) in [6, 6.07) is 20.0. The van der Waals surface area contributed by atoms with Crippen molar-refractivity contribution in [1.82, 2.24) is 15.3 Å². The molecule has 0 atom stereocenters. The molecule has 1 aromatic heterocycles. The number of aromatic nitrogens is 2. The third-order valence-corrected chi connectivity index (χ3v) is 5.64. The van der Waals surface area contributed by atoms with Crippen LogP contribution in [0, 0.1) is 0 Å². The number of hydrogen-bond donors (Lipinski definition) is 1. The van der Waals surface area contributed by atoms with E-state index in [9.17, 15) is 4.79 Å². The van der Waals surface area contributed by atoms with E-state index in [-0.39, 0.29) is 24.0 Å². The van der Waals surface area contributed by atoms with E-state index < -0.39 is 0 Å². The minimum absolute atomic E-state index is 0.0421. The number of nitrogens with zero attached hydrogens (tertiary/aromatic N) is 2. The third kappa shape index (κ3) is 5.40. The van der Waals surface area contributed by atoms with Crippen molar-refractivity contribution in [3.8, 4) is 11.8 Å². The van der Waals surface area contributed by atoms with Gasteiger partial charge in [-0.15, -0.1) is 0 Å². The minimum atomic E-state index is -0.316. The quantitative estimate of drug-likeness (QED) is 0.626. The number of ether oxygens (including phenoxy) is 2. The van der Waals surface area contributed by atoms with Crippen LogP contribution in [0.1, 0.15) is 42.7 Å². The number of carbonyl (C=O) groups excluding carboxylic acids is 1. The molecule has 2 aromatic carbocycles. The molecule has 1 amide bonds. The first-order chi connectivity index (χ1) is 15.2. The second-order valence-corrected chi connectivity index (χ2v) is 7.75. The van der Waals surface area contributed by atoms with Gasteiger partial charge in [0, 0.05) is 6.04 Å². The molecule has 1 heterocycles. The predicted molar refractivity (Wildman–Crippen MR) is 118 cm³/mol. The summed E-state index contributed by atoms with van der Waals surface area (Å²) in [5.74, 6) is 0.634. The molecule has 31 heavy (non-hydrogen) atoms. The Kier molecular flexibility index (Phi) is 6.77. The minimum Gasteiger partial charge on any atom is -0.480 e. The lowest BCUT2D eigenvalue weighted by Crippen LogP contribution is -2.42. The van der Waals surface area contributed by atoms with Gasteiger partial charge in [0.2, 0.25) is 17.7 Å². The Bertz CT molecular complexity index is 934. The largest absolute Gasteiger partial charge is 0.480 e. The molecule has 4 rings (SSSR count). The molecule has 0 aliphatic heterocycles. The highest BCUT2D eigenvalue weighted by molar-refractivity contribution is 5.87. The molecule has 6 nitrogen and oxygen atoms in total. The van der Waals surface area contributed by atoms with E-state index in [0.717, 1.165) is 36.8 Å². The molecule has 0 radical (unpaired) electrons. The van der Waals surface area contributed by atoms with Crippen molar-refractivity contribution in [1.29, 1.82) is 0 Å². The topological polar surface area (TPSA) is 73.3 Å². The van der Waals surface area contributed by atoms with Crippen molar-refractivity contribution >= 4 is 5.91 Å². The van der Waals surface area contributed by atoms with Crippen molar-refractivity contribution in [3.05, 3.63) is 84.2 Å². The summed E-state index contributed by atoms with van der Waals surface area (Å²) in [6.45, 7) is 0. The Morgan fingerprint density at radius 1 is 0.903 bits per heavy atom. The van der Waals surface area contributed by atoms with Crippen LogP contribution in [0.25, 0.3) is 0 Å². The normalized spacial score (nSPS) is 18.4. The van der Waals surface area contributed by atoms with E-state index in [1.807, 2.05) is 60.7 Å². The van der Waals surface area contributed by atoms with Gasteiger partial charge in [0.05, 0.1) is 25.4 Å². The zero-order valence-electron chi connectivity index (χ0n) is 17.6. The van der Waals surface area contributed by atoms with Gasteiger partial charge in [-0.3, -0.25) is 9.78 Å². The fourth-order valence-electron chi connectivity index (χ4n) is 4.05. The van der Waals surface area contributed by atoms with Crippen molar-refractivity contribution in [2.45, 2.75) is 43.7 Å². The highest BCUT2D eigenvalue weighted by Gasteiger charge is 2.28. The molecular weight excluding hydrogens is 390 g/mol. The smallest absolute Gasteiger partial charge is 0.235 e. The van der Waals surface area contributed by atoms with Crippen LogP contribution in [0.2, 0.25) is 0 Å². The van der Waals surface area contributed by atoms with E-state index in [1.165, 1.54) is 0 Å². The molecule has 1 saturated carbocycles. The van der Waals surface area contributed by atoms with Crippen molar-refractivity contribution in [2.75, 3.05) is 7.11 Å². The highest BCUT2D eigenvalue weighted by Crippen LogP contribution is 2.27. The van der Waals surface area contributed by atoms with Gasteiger partial charge in [0.15, 0.2) is 0 Å². The molecule has 0 spiro atoms. The number of rotatable bonds is 7. The summed E-state index contributed by atoms with van der Waals surface area (Å²) < 4.78 is 11.1. The Balaban J connectivity index is 1.37. The summed E-state index contributed by atoms with van der Waals surface area (Å²) in [4.78, 5) is 21.6. The van der Waals surface area contributed by atoms with Gasteiger partial charge >= 0.3 is 0 Å². The van der Waals surface area contributed by atoms with Crippen LogP contribution >= 0.6 is 0 Å². The number of methoxy groups -OCH3 is 1. The van der Waals surface area contributed by atoms with Crippen LogP contribution in [-0.4, -0.2) is 35.1 Å². The molecular formula is C25H27N3O3. The van der Waals surface area contributed by atoms with E-state index in [4.69, 9.17) is 9.47 Å². The SMILES string of the molecule is COc1cncc(OC2CCC(NC(=O)C(c3ccccc3)c3ccccc3)CC2)n1. The van der Waals surface area contributed by atoms with Crippen LogP contribution in [0.5, 0.6) is 11.8 Å². The lowest BCUT2D eigenvalue weighted by atomic mass is 9.88. The molecule has 160 valence electrons. The van der Waals surface area contributed by atoms with Gasteiger partial charge in [-0.05, 0) is 36.8 Å². The Morgan fingerprint density at radius 3 is 2.06 bits per heavy atom. The van der Waals surface area contributed by atoms with E-state index in [0.29, 0.717) is 11.8 Å². The fraction of sp³-hybridized carbons (Fsp3) is 0.320. The first-order valence-corrected chi connectivity index (χ1v) is 10.7. The van der Waals surface area contributed by atoms with Crippen molar-refractivity contribution in [2.24, 2.45) is 0 Å². The average Bonchev–Trinajstić information content (AvgIpc) is 2.82. The molecule has 3 aromatic rings. The number of nitrogens with one attached hydrogen (secondary N) is 1. The molecule has 0 saturated heterocycles. The summed E-state index contributed by atoms with van der Waals surface area (Å²) in [6.07, 6.45) is 6.65. The monoisotopic (exact) mass is 417 g/mol. The lowest BCUT2D eigenvalue weighted by Gasteiger charge is -2.30. The van der Waals surface area contributed by atoms with Crippen LogP contribution in [0.4, 0.5) is 0 Å². The first kappa shape index (κ1) is 20.8. The second kappa shape index (κ2) is 10.1. The van der Waals surface area contributed by atoms with Gasteiger partial charge in [0.1, 0.15) is 6.10 Å². The van der Waals surface area contributed by atoms with Gasteiger partial charge < -0.3 is 14.8 Å². The van der Waals surface area contributed by atoms with E-state index in [2.05, 4.69) is 15.3 Å². The average molecular weight is 418 g/mol. The zero-order valence-corrected chi connectivity index (χ0v) is 17.6. The number of carbonyl (C=O) groups is 1. The standard InChI is InChI=1S/C25H27N3O3/c1-30-22-16-26-17-23(28-22)31-21-14-12-20(13-15-21)27-25(29)24(18-8-4-2-5-9-18)19-10-6-3-7-11-19/h2-11,16-17,20-21,24H,12-15H2,1H3,(H,27,29). The van der Waals surface area contributed by atoms with Gasteiger partial charge in [0.25, 0.3) is 0 Å². The van der Waals surface area contributed by atoms with E-state index >= 15 is 0 Å². The van der Waals surface area contributed by atoms with Gasteiger partial charge in [-0.1, -0.05) is 60.7 Å². The maximum Gasteiger partial charge on any atom is 0.235 e. The molecule has 6 heteroatoms. The van der Waals surface area contributed by atoms with Crippen LogP contribution in [0.3, 0.4) is 0 Å². The maximum absolute atomic E-state index is 13.3. The summed E-state index contributed by atoms with van der Waals surface area (Å²) in [5.41, 5.74) is 2.00. The maximum atomic E-state index is 13.3. The number of amides is 1. The molecule has 0 unspecified atom stereocenters. The van der Waals surface area contributed by atoms with Crippen LogP contribution in [-0.2, 0) is 4.79 Å². The zero-order chi connectivity index (χ0) is 21.5. The lowest BCUT2D eigenvalue weighted by molar-refractivity contribution is -0.122. The van der Waals surface area contributed by atoms with Crippen LogP contribution in [0.15, 0.2) is 73.1 Å². The second-order valence-electron chi connectivity index (χ2n) is 7.75. The van der Waals surface area contributed by atoms with Crippen molar-refractivity contribution < 1.29 is 14.3 Å². The van der Waals surface area contributed by atoms with E-state index in [1.54, 1.807) is 19.5 Å². The summed E-state index contributed by atoms with van der Waals surface area (Å²) in [5, 5.41) is 3.28. The molecule has 1 fully saturated rings. The van der Waals surface area contributed by atoms with Crippen LogP contribution < -0.4 is 14.8 Å². The number of benzene rings is 2. The highest BCUT2D eigenvalue weighted by atomic mass is 16.5. The summed E-state index contributed by atoms with van der Waals surface area (Å²) >= 11 is 0. The Morgan fingerprint density at radius 2 is 1.48 bits per heavy atom. The molecule has 1 N–H and O–H groups in total. The Labute approximate surface area is 182 Å².